The third kappa shape index (κ3) is 3.21. The van der Waals surface area contributed by atoms with E-state index in [1.807, 2.05) is 16.8 Å². The van der Waals surface area contributed by atoms with E-state index in [1.54, 1.807) is 12.1 Å². The van der Waals surface area contributed by atoms with Crippen LogP contribution in [0.25, 0.3) is 5.69 Å². The topological polar surface area (TPSA) is 70.4 Å². The molecule has 1 aromatic carbocycles. The quantitative estimate of drug-likeness (QED) is 0.886. The molecule has 0 radical (unpaired) electrons. The predicted molar refractivity (Wildman–Crippen MR) is 101 cm³/mol. The summed E-state index contributed by atoms with van der Waals surface area (Å²) in [5.74, 6) is 0.663. The Morgan fingerprint density at radius 3 is 2.77 bits per heavy atom. The molecule has 1 unspecified atom stereocenters. The summed E-state index contributed by atoms with van der Waals surface area (Å²) in [5.41, 5.74) is 3.79. The molecule has 0 saturated carbocycles. The number of piperidine rings is 1. The van der Waals surface area contributed by atoms with Gasteiger partial charge in [-0.2, -0.15) is 5.10 Å². The summed E-state index contributed by atoms with van der Waals surface area (Å²) in [4.78, 5) is 13.5. The average Bonchev–Trinajstić information content (AvgIpc) is 2.83. The number of aromatic nitrogens is 2. The van der Waals surface area contributed by atoms with Crippen LogP contribution in [-0.2, 0) is 6.42 Å². The highest BCUT2D eigenvalue weighted by molar-refractivity contribution is 5.87. The second-order valence-corrected chi connectivity index (χ2v) is 7.46. The first-order valence-electron chi connectivity index (χ1n) is 9.51. The molecule has 3 heterocycles. The maximum atomic E-state index is 11.1. The van der Waals surface area contributed by atoms with Crippen LogP contribution in [0.4, 0.5) is 5.82 Å². The molecule has 1 fully saturated rings. The standard InChI is InChI=1S/C20H26N4O2/c1-23-12-4-5-15(13-23)18-17-6-2-3-11-21-19(17)24(22-18)16-9-7-14(8-10-16)20(25)26/h7-10,15,21H,2-6,11-13H2,1H3,(H,25,26). The van der Waals surface area contributed by atoms with Gasteiger partial charge < -0.3 is 15.3 Å². The van der Waals surface area contributed by atoms with E-state index in [2.05, 4.69) is 17.3 Å². The van der Waals surface area contributed by atoms with Crippen molar-refractivity contribution >= 4 is 11.8 Å². The summed E-state index contributed by atoms with van der Waals surface area (Å²) in [6.45, 7) is 3.17. The van der Waals surface area contributed by atoms with Crippen molar-refractivity contribution in [2.24, 2.45) is 0 Å². The van der Waals surface area contributed by atoms with Crippen molar-refractivity contribution in [1.29, 1.82) is 0 Å². The molecular weight excluding hydrogens is 328 g/mol. The zero-order chi connectivity index (χ0) is 18.1. The SMILES string of the molecule is CN1CCCC(c2nn(-c3ccc(C(=O)O)cc3)c3c2CCCCN3)C1. The minimum absolute atomic E-state index is 0.300. The van der Waals surface area contributed by atoms with Crippen molar-refractivity contribution in [1.82, 2.24) is 14.7 Å². The number of carbonyl (C=O) groups is 1. The van der Waals surface area contributed by atoms with Gasteiger partial charge in [-0.25, -0.2) is 9.48 Å². The molecule has 2 N–H and O–H groups in total. The summed E-state index contributed by atoms with van der Waals surface area (Å²) >= 11 is 0. The van der Waals surface area contributed by atoms with Crippen molar-refractivity contribution in [2.75, 3.05) is 32.0 Å². The van der Waals surface area contributed by atoms with Gasteiger partial charge in [-0.15, -0.1) is 0 Å². The Morgan fingerprint density at radius 2 is 2.04 bits per heavy atom. The van der Waals surface area contributed by atoms with Gasteiger partial charge in [-0.05, 0) is 70.0 Å². The largest absolute Gasteiger partial charge is 0.478 e. The number of hydrogen-bond donors (Lipinski definition) is 2. The summed E-state index contributed by atoms with van der Waals surface area (Å²) in [7, 11) is 2.19. The number of nitrogens with zero attached hydrogens (tertiary/aromatic N) is 3. The molecule has 1 saturated heterocycles. The first-order valence-corrected chi connectivity index (χ1v) is 9.51. The molecule has 1 atom stereocenters. The number of aromatic carboxylic acids is 1. The zero-order valence-corrected chi connectivity index (χ0v) is 15.2. The van der Waals surface area contributed by atoms with Crippen LogP contribution in [0.5, 0.6) is 0 Å². The Balaban J connectivity index is 1.75. The third-order valence-electron chi connectivity index (χ3n) is 5.53. The molecule has 1 aromatic heterocycles. The highest BCUT2D eigenvalue weighted by Gasteiger charge is 2.28. The number of likely N-dealkylation sites (tertiary alicyclic amines) is 1. The van der Waals surface area contributed by atoms with E-state index < -0.39 is 5.97 Å². The highest BCUT2D eigenvalue weighted by atomic mass is 16.4. The first-order chi connectivity index (χ1) is 12.6. The van der Waals surface area contributed by atoms with Gasteiger partial charge in [-0.3, -0.25) is 0 Å². The van der Waals surface area contributed by atoms with Crippen molar-refractivity contribution in [3.8, 4) is 5.69 Å². The average molecular weight is 354 g/mol. The fourth-order valence-electron chi connectivity index (χ4n) is 4.18. The molecule has 0 spiro atoms. The van der Waals surface area contributed by atoms with Crippen LogP contribution in [0.15, 0.2) is 24.3 Å². The Hall–Kier alpha value is -2.34. The molecule has 2 aromatic rings. The Bertz CT molecular complexity index is 797. The smallest absolute Gasteiger partial charge is 0.335 e. The molecular formula is C20H26N4O2. The van der Waals surface area contributed by atoms with Gasteiger partial charge in [0.05, 0.1) is 16.9 Å². The molecule has 6 nitrogen and oxygen atoms in total. The third-order valence-corrected chi connectivity index (χ3v) is 5.53. The number of carboxylic acids is 1. The lowest BCUT2D eigenvalue weighted by molar-refractivity contribution is 0.0697. The molecule has 4 rings (SSSR count). The van der Waals surface area contributed by atoms with Crippen LogP contribution in [0.3, 0.4) is 0 Å². The molecule has 0 amide bonds. The fraction of sp³-hybridized carbons (Fsp3) is 0.500. The minimum Gasteiger partial charge on any atom is -0.478 e. The lowest BCUT2D eigenvalue weighted by Gasteiger charge is -2.29. The highest BCUT2D eigenvalue weighted by Crippen LogP contribution is 2.35. The van der Waals surface area contributed by atoms with Gasteiger partial charge in [0.2, 0.25) is 0 Å². The molecule has 6 heteroatoms. The van der Waals surface area contributed by atoms with Crippen LogP contribution in [0, 0.1) is 0 Å². The van der Waals surface area contributed by atoms with Gasteiger partial charge >= 0.3 is 5.97 Å². The molecule has 26 heavy (non-hydrogen) atoms. The second kappa shape index (κ2) is 7.11. The minimum atomic E-state index is -0.903. The number of likely N-dealkylation sites (N-methyl/N-ethyl adjacent to an activating group) is 1. The van der Waals surface area contributed by atoms with Gasteiger partial charge in [0.25, 0.3) is 0 Å². The molecule has 2 aliphatic heterocycles. The van der Waals surface area contributed by atoms with E-state index in [0.29, 0.717) is 11.5 Å². The number of nitrogens with one attached hydrogen (secondary N) is 1. The normalized spacial score (nSPS) is 20.9. The number of fused-ring (bicyclic) bond motifs is 1. The van der Waals surface area contributed by atoms with E-state index in [1.165, 1.54) is 30.5 Å². The lowest BCUT2D eigenvalue weighted by Crippen LogP contribution is -2.31. The lowest BCUT2D eigenvalue weighted by atomic mass is 9.91. The summed E-state index contributed by atoms with van der Waals surface area (Å²) < 4.78 is 1.98. The Labute approximate surface area is 153 Å². The fourth-order valence-corrected chi connectivity index (χ4v) is 4.18. The van der Waals surface area contributed by atoms with E-state index in [0.717, 1.165) is 44.0 Å². The van der Waals surface area contributed by atoms with E-state index >= 15 is 0 Å². The van der Waals surface area contributed by atoms with E-state index in [4.69, 9.17) is 10.2 Å². The maximum absolute atomic E-state index is 11.1. The van der Waals surface area contributed by atoms with E-state index in [-0.39, 0.29) is 0 Å². The number of hydrogen-bond acceptors (Lipinski definition) is 4. The first kappa shape index (κ1) is 17.1. The number of anilines is 1. The van der Waals surface area contributed by atoms with Crippen LogP contribution >= 0.6 is 0 Å². The summed E-state index contributed by atoms with van der Waals surface area (Å²) in [6, 6.07) is 6.99. The van der Waals surface area contributed by atoms with Gasteiger partial charge in [0, 0.05) is 24.6 Å². The summed E-state index contributed by atoms with van der Waals surface area (Å²) in [6.07, 6.45) is 5.80. The molecule has 2 aliphatic rings. The molecule has 0 bridgehead atoms. The molecule has 0 aliphatic carbocycles. The molecule has 138 valence electrons. The van der Waals surface area contributed by atoms with Crippen LogP contribution in [0.1, 0.15) is 53.2 Å². The van der Waals surface area contributed by atoms with Crippen LogP contribution in [-0.4, -0.2) is 52.4 Å². The monoisotopic (exact) mass is 354 g/mol. The van der Waals surface area contributed by atoms with E-state index in [9.17, 15) is 4.79 Å². The van der Waals surface area contributed by atoms with Crippen molar-refractivity contribution < 1.29 is 9.90 Å². The Kier molecular flexibility index (Phi) is 4.68. The number of rotatable bonds is 3. The van der Waals surface area contributed by atoms with Gasteiger partial charge in [-0.1, -0.05) is 0 Å². The van der Waals surface area contributed by atoms with Gasteiger partial charge in [0.1, 0.15) is 5.82 Å². The summed E-state index contributed by atoms with van der Waals surface area (Å²) in [5, 5.41) is 17.7. The van der Waals surface area contributed by atoms with Crippen molar-refractivity contribution in [3.63, 3.8) is 0 Å². The predicted octanol–water partition coefficient (Wildman–Crippen LogP) is 3.13. The van der Waals surface area contributed by atoms with Crippen LogP contribution in [0.2, 0.25) is 0 Å². The number of benzene rings is 1. The Morgan fingerprint density at radius 1 is 1.23 bits per heavy atom. The number of carboxylic acid groups (broad SMARTS) is 1. The van der Waals surface area contributed by atoms with Crippen LogP contribution < -0.4 is 5.32 Å². The zero-order valence-electron chi connectivity index (χ0n) is 15.2. The van der Waals surface area contributed by atoms with Crippen molar-refractivity contribution in [2.45, 2.75) is 38.0 Å². The van der Waals surface area contributed by atoms with Crippen molar-refractivity contribution in [3.05, 3.63) is 41.1 Å². The van der Waals surface area contributed by atoms with Gasteiger partial charge in [0.15, 0.2) is 0 Å². The second-order valence-electron chi connectivity index (χ2n) is 7.46. The maximum Gasteiger partial charge on any atom is 0.335 e.